The monoisotopic (exact) mass is 271 g/mol. The first-order chi connectivity index (χ1) is 7.94. The van der Waals surface area contributed by atoms with Gasteiger partial charge in [-0.3, -0.25) is 4.79 Å². The zero-order chi connectivity index (χ0) is 14.3. The van der Waals surface area contributed by atoms with Gasteiger partial charge in [-0.25, -0.2) is 0 Å². The maximum absolute atomic E-state index is 12.6. The van der Waals surface area contributed by atoms with Crippen LogP contribution in [0.15, 0.2) is 12.1 Å². The molecular weight excluding hydrogens is 264 g/mol. The molecule has 0 heterocycles. The quantitative estimate of drug-likeness (QED) is 0.482. The lowest BCUT2D eigenvalue weighted by atomic mass is 9.96. The van der Waals surface area contributed by atoms with Crippen LogP contribution < -0.4 is 5.73 Å². The van der Waals surface area contributed by atoms with Crippen LogP contribution in [0.25, 0.3) is 0 Å². The fourth-order valence-electron chi connectivity index (χ4n) is 1.49. The van der Waals surface area contributed by atoms with Crippen LogP contribution in [0.4, 0.5) is 32.0 Å². The second-order valence-electron chi connectivity index (χ2n) is 3.54. The summed E-state index contributed by atoms with van der Waals surface area (Å²) in [5.41, 5.74) is -0.468. The first-order valence-corrected chi connectivity index (χ1v) is 4.53. The number of Topliss-reactive ketones (excluding diaryl/α,β-unsaturated/α-hetero) is 1. The number of carbonyl (C=O) groups is 1. The zero-order valence-electron chi connectivity index (χ0n) is 8.91. The molecule has 0 aliphatic carbocycles. The minimum Gasteiger partial charge on any atom is -0.399 e. The summed E-state index contributed by atoms with van der Waals surface area (Å²) < 4.78 is 75.5. The highest BCUT2D eigenvalue weighted by molar-refractivity contribution is 5.98. The van der Waals surface area contributed by atoms with Crippen molar-refractivity contribution in [3.63, 3.8) is 0 Å². The van der Waals surface area contributed by atoms with E-state index in [0.717, 1.165) is 0 Å². The van der Waals surface area contributed by atoms with Crippen molar-refractivity contribution >= 4 is 11.5 Å². The number of ketones is 1. The SMILES string of the molecule is CC(=O)c1c(C(F)(F)F)cc(N)cc1C(F)(F)F. The molecule has 100 valence electrons. The van der Waals surface area contributed by atoms with Crippen molar-refractivity contribution in [1.29, 1.82) is 0 Å². The summed E-state index contributed by atoms with van der Waals surface area (Å²) in [5.74, 6) is -1.32. The van der Waals surface area contributed by atoms with Crippen LogP contribution >= 0.6 is 0 Å². The molecule has 0 saturated carbocycles. The normalized spacial score (nSPS) is 12.6. The molecule has 8 heteroatoms. The number of rotatable bonds is 1. The molecule has 0 aliphatic heterocycles. The van der Waals surface area contributed by atoms with Crippen LogP contribution in [0, 0.1) is 0 Å². The van der Waals surface area contributed by atoms with Crippen LogP contribution in [0.2, 0.25) is 0 Å². The molecule has 18 heavy (non-hydrogen) atoms. The Labute approximate surface area is 97.4 Å². The van der Waals surface area contributed by atoms with E-state index in [2.05, 4.69) is 0 Å². The summed E-state index contributed by atoms with van der Waals surface area (Å²) >= 11 is 0. The average Bonchev–Trinajstić information content (AvgIpc) is 2.12. The van der Waals surface area contributed by atoms with E-state index >= 15 is 0 Å². The van der Waals surface area contributed by atoms with Crippen molar-refractivity contribution in [3.8, 4) is 0 Å². The van der Waals surface area contributed by atoms with Gasteiger partial charge in [-0.05, 0) is 19.1 Å². The van der Waals surface area contributed by atoms with Crippen molar-refractivity contribution in [1.82, 2.24) is 0 Å². The lowest BCUT2D eigenvalue weighted by Gasteiger charge is -2.17. The molecule has 0 fully saturated rings. The predicted molar refractivity (Wildman–Crippen MR) is 50.9 cm³/mol. The van der Waals surface area contributed by atoms with E-state index in [-0.39, 0.29) is 0 Å². The lowest BCUT2D eigenvalue weighted by molar-refractivity contribution is -0.143. The van der Waals surface area contributed by atoms with E-state index in [1.807, 2.05) is 0 Å². The van der Waals surface area contributed by atoms with E-state index in [1.165, 1.54) is 0 Å². The Kier molecular flexibility index (Phi) is 3.33. The smallest absolute Gasteiger partial charge is 0.399 e. The first kappa shape index (κ1) is 14.3. The molecule has 0 aliphatic rings. The van der Waals surface area contributed by atoms with Gasteiger partial charge < -0.3 is 5.73 Å². The van der Waals surface area contributed by atoms with Gasteiger partial charge in [0.1, 0.15) is 0 Å². The number of hydrogen-bond acceptors (Lipinski definition) is 2. The Morgan fingerprint density at radius 1 is 1.00 bits per heavy atom. The molecule has 0 unspecified atom stereocenters. The molecule has 0 atom stereocenters. The van der Waals surface area contributed by atoms with E-state index in [1.54, 1.807) is 0 Å². The number of hydrogen-bond donors (Lipinski definition) is 1. The summed E-state index contributed by atoms with van der Waals surface area (Å²) in [5, 5.41) is 0. The molecule has 1 aromatic rings. The molecule has 0 saturated heterocycles. The minimum absolute atomic E-state index is 0.311. The minimum atomic E-state index is -5.09. The maximum Gasteiger partial charge on any atom is 0.417 e. The van der Waals surface area contributed by atoms with Crippen molar-refractivity contribution in [2.24, 2.45) is 0 Å². The van der Waals surface area contributed by atoms with E-state index < -0.39 is 40.5 Å². The lowest BCUT2D eigenvalue weighted by Crippen LogP contribution is -2.19. The Bertz CT molecular complexity index is 453. The Balaban J connectivity index is 3.74. The third kappa shape index (κ3) is 2.74. The van der Waals surface area contributed by atoms with Gasteiger partial charge in [0.2, 0.25) is 0 Å². The zero-order valence-corrected chi connectivity index (χ0v) is 8.91. The standard InChI is InChI=1S/C10H7F6NO/c1-4(18)8-6(9(11,12)13)2-5(17)3-7(8)10(14,15)16/h2-3H,17H2,1H3. The van der Waals surface area contributed by atoms with Gasteiger partial charge in [0.25, 0.3) is 0 Å². The fraction of sp³-hybridized carbons (Fsp3) is 0.300. The van der Waals surface area contributed by atoms with Gasteiger partial charge >= 0.3 is 12.4 Å². The second-order valence-corrected chi connectivity index (χ2v) is 3.54. The largest absolute Gasteiger partial charge is 0.417 e. The van der Waals surface area contributed by atoms with Crippen LogP contribution in [0.5, 0.6) is 0 Å². The second kappa shape index (κ2) is 4.18. The van der Waals surface area contributed by atoms with Gasteiger partial charge in [0, 0.05) is 11.3 Å². The number of benzene rings is 1. The van der Waals surface area contributed by atoms with Gasteiger partial charge in [0.05, 0.1) is 11.1 Å². The van der Waals surface area contributed by atoms with Crippen LogP contribution in [0.1, 0.15) is 28.4 Å². The summed E-state index contributed by atoms with van der Waals surface area (Å²) in [7, 11) is 0. The third-order valence-electron chi connectivity index (χ3n) is 2.12. The predicted octanol–water partition coefficient (Wildman–Crippen LogP) is 3.51. The van der Waals surface area contributed by atoms with Crippen LogP contribution in [-0.4, -0.2) is 5.78 Å². The third-order valence-corrected chi connectivity index (χ3v) is 2.12. The van der Waals surface area contributed by atoms with Crippen molar-refractivity contribution < 1.29 is 31.1 Å². The van der Waals surface area contributed by atoms with Gasteiger partial charge in [-0.1, -0.05) is 0 Å². The highest BCUT2D eigenvalue weighted by Gasteiger charge is 2.42. The van der Waals surface area contributed by atoms with Crippen molar-refractivity contribution in [2.75, 3.05) is 5.73 Å². The van der Waals surface area contributed by atoms with E-state index in [4.69, 9.17) is 5.73 Å². The Morgan fingerprint density at radius 2 is 1.33 bits per heavy atom. The Hall–Kier alpha value is -1.73. The highest BCUT2D eigenvalue weighted by atomic mass is 19.4. The number of nitrogen functional groups attached to an aromatic ring is 1. The summed E-state index contributed by atoms with van der Waals surface area (Å²) in [6.07, 6.45) is -10.2. The summed E-state index contributed by atoms with van der Waals surface area (Å²) in [6.45, 7) is 0.635. The van der Waals surface area contributed by atoms with Crippen LogP contribution in [-0.2, 0) is 12.4 Å². The molecule has 2 nitrogen and oxygen atoms in total. The first-order valence-electron chi connectivity index (χ1n) is 4.53. The van der Waals surface area contributed by atoms with E-state index in [0.29, 0.717) is 19.1 Å². The molecule has 0 spiro atoms. The fourth-order valence-corrected chi connectivity index (χ4v) is 1.49. The molecule has 1 aromatic carbocycles. The summed E-state index contributed by atoms with van der Waals surface area (Å²) in [4.78, 5) is 11.1. The topological polar surface area (TPSA) is 43.1 Å². The van der Waals surface area contributed by atoms with Gasteiger partial charge in [-0.15, -0.1) is 0 Å². The highest BCUT2D eigenvalue weighted by Crippen LogP contribution is 2.40. The summed E-state index contributed by atoms with van der Waals surface area (Å²) in [6, 6.07) is 0.623. The molecule has 2 N–H and O–H groups in total. The Morgan fingerprint density at radius 3 is 1.56 bits per heavy atom. The molecule has 0 aromatic heterocycles. The van der Waals surface area contributed by atoms with E-state index in [9.17, 15) is 31.1 Å². The number of nitrogens with two attached hydrogens (primary N) is 1. The van der Waals surface area contributed by atoms with Gasteiger partial charge in [-0.2, -0.15) is 26.3 Å². The number of carbonyl (C=O) groups excluding carboxylic acids is 1. The van der Waals surface area contributed by atoms with Gasteiger partial charge in [0.15, 0.2) is 5.78 Å². The molecule has 1 rings (SSSR count). The number of halogens is 6. The molecule has 0 bridgehead atoms. The van der Waals surface area contributed by atoms with Crippen molar-refractivity contribution in [2.45, 2.75) is 19.3 Å². The number of anilines is 1. The molecular formula is C10H7F6NO. The molecule has 0 amide bonds. The molecule has 0 radical (unpaired) electrons. The van der Waals surface area contributed by atoms with Crippen LogP contribution in [0.3, 0.4) is 0 Å². The average molecular weight is 271 g/mol. The van der Waals surface area contributed by atoms with Crippen molar-refractivity contribution in [3.05, 3.63) is 28.8 Å². The maximum atomic E-state index is 12.6. The number of alkyl halides is 6.